The first-order valence-corrected chi connectivity index (χ1v) is 8.02. The minimum atomic E-state index is 0.00413. The quantitative estimate of drug-likeness (QED) is 0.943. The Labute approximate surface area is 136 Å². The lowest BCUT2D eigenvalue weighted by Gasteiger charge is -2.28. The normalized spacial score (nSPS) is 20.7. The Morgan fingerprint density at radius 1 is 1.13 bits per heavy atom. The minimum Gasteiger partial charge on any atom is -0.460 e. The molecule has 1 N–H and O–H groups in total. The molecule has 1 saturated carbocycles. The van der Waals surface area contributed by atoms with Gasteiger partial charge in [-0.2, -0.15) is 0 Å². The second kappa shape index (κ2) is 7.22. The number of benzene rings is 1. The van der Waals surface area contributed by atoms with Gasteiger partial charge in [0.15, 0.2) is 0 Å². The first-order chi connectivity index (χ1) is 11.2. The van der Waals surface area contributed by atoms with E-state index < -0.39 is 0 Å². The van der Waals surface area contributed by atoms with Crippen molar-refractivity contribution in [3.8, 4) is 6.01 Å². The maximum Gasteiger partial charge on any atom is 0.316 e. The Kier molecular flexibility index (Phi) is 4.86. The third-order valence-corrected chi connectivity index (χ3v) is 4.10. The van der Waals surface area contributed by atoms with Crippen molar-refractivity contribution in [2.24, 2.45) is 0 Å². The van der Waals surface area contributed by atoms with Gasteiger partial charge in [-0.25, -0.2) is 9.97 Å². The highest BCUT2D eigenvalue weighted by Crippen LogP contribution is 2.22. The van der Waals surface area contributed by atoms with Gasteiger partial charge in [-0.05, 0) is 50.8 Å². The summed E-state index contributed by atoms with van der Waals surface area (Å²) in [7, 11) is 0. The number of rotatable bonds is 4. The SMILES string of the molecule is Cc1cccc(C(=O)NC2CCC(Oc3ncccn3)CC2)c1. The molecule has 1 heterocycles. The van der Waals surface area contributed by atoms with Crippen molar-refractivity contribution in [1.82, 2.24) is 15.3 Å². The average molecular weight is 311 g/mol. The lowest BCUT2D eigenvalue weighted by atomic mass is 9.92. The Morgan fingerprint density at radius 3 is 2.57 bits per heavy atom. The van der Waals surface area contributed by atoms with E-state index in [0.29, 0.717) is 6.01 Å². The molecule has 5 nitrogen and oxygen atoms in total. The molecular formula is C18H21N3O2. The van der Waals surface area contributed by atoms with Gasteiger partial charge < -0.3 is 10.1 Å². The highest BCUT2D eigenvalue weighted by molar-refractivity contribution is 5.94. The summed E-state index contributed by atoms with van der Waals surface area (Å²) in [4.78, 5) is 20.4. The Balaban J connectivity index is 1.48. The van der Waals surface area contributed by atoms with Gasteiger partial charge in [-0.15, -0.1) is 0 Å². The van der Waals surface area contributed by atoms with E-state index in [-0.39, 0.29) is 18.1 Å². The standard InChI is InChI=1S/C18H21N3O2/c1-13-4-2-5-14(12-13)17(22)21-15-6-8-16(9-7-15)23-18-19-10-3-11-20-18/h2-5,10-12,15-16H,6-9H2,1H3,(H,21,22). The monoisotopic (exact) mass is 311 g/mol. The van der Waals surface area contributed by atoms with Crippen molar-refractivity contribution in [3.63, 3.8) is 0 Å². The highest BCUT2D eigenvalue weighted by Gasteiger charge is 2.24. The Morgan fingerprint density at radius 2 is 1.87 bits per heavy atom. The molecule has 1 aliphatic rings. The van der Waals surface area contributed by atoms with Gasteiger partial charge in [-0.1, -0.05) is 17.7 Å². The first kappa shape index (κ1) is 15.5. The van der Waals surface area contributed by atoms with Crippen LogP contribution in [-0.4, -0.2) is 28.0 Å². The van der Waals surface area contributed by atoms with E-state index in [1.165, 1.54) is 0 Å². The molecule has 0 aliphatic heterocycles. The fourth-order valence-electron chi connectivity index (χ4n) is 2.88. The second-order valence-corrected chi connectivity index (χ2v) is 5.97. The number of aryl methyl sites for hydroxylation is 1. The van der Waals surface area contributed by atoms with E-state index in [1.54, 1.807) is 18.5 Å². The average Bonchev–Trinajstić information content (AvgIpc) is 2.57. The molecule has 1 aromatic carbocycles. The first-order valence-electron chi connectivity index (χ1n) is 8.02. The van der Waals surface area contributed by atoms with E-state index in [0.717, 1.165) is 36.8 Å². The molecular weight excluding hydrogens is 290 g/mol. The van der Waals surface area contributed by atoms with E-state index in [2.05, 4.69) is 15.3 Å². The summed E-state index contributed by atoms with van der Waals surface area (Å²) in [6, 6.07) is 10.1. The molecule has 0 saturated heterocycles. The van der Waals surface area contributed by atoms with Crippen LogP contribution in [0.2, 0.25) is 0 Å². The van der Waals surface area contributed by atoms with Gasteiger partial charge in [0.25, 0.3) is 5.91 Å². The van der Waals surface area contributed by atoms with Gasteiger partial charge in [0.2, 0.25) is 0 Å². The summed E-state index contributed by atoms with van der Waals surface area (Å²) in [6.07, 6.45) is 7.11. The zero-order valence-corrected chi connectivity index (χ0v) is 13.2. The molecule has 1 aromatic heterocycles. The largest absolute Gasteiger partial charge is 0.460 e. The maximum atomic E-state index is 12.3. The molecule has 120 valence electrons. The number of hydrogen-bond acceptors (Lipinski definition) is 4. The van der Waals surface area contributed by atoms with Crippen molar-refractivity contribution in [2.45, 2.75) is 44.8 Å². The van der Waals surface area contributed by atoms with Crippen molar-refractivity contribution >= 4 is 5.91 Å². The molecule has 0 spiro atoms. The fraction of sp³-hybridized carbons (Fsp3) is 0.389. The summed E-state index contributed by atoms with van der Waals surface area (Å²) in [6.45, 7) is 1.99. The smallest absolute Gasteiger partial charge is 0.316 e. The number of hydrogen-bond donors (Lipinski definition) is 1. The van der Waals surface area contributed by atoms with Crippen LogP contribution in [0.25, 0.3) is 0 Å². The lowest BCUT2D eigenvalue weighted by molar-refractivity contribution is 0.0885. The molecule has 0 radical (unpaired) electrons. The number of carbonyl (C=O) groups excluding carboxylic acids is 1. The van der Waals surface area contributed by atoms with E-state index >= 15 is 0 Å². The van der Waals surface area contributed by atoms with Crippen molar-refractivity contribution < 1.29 is 9.53 Å². The predicted molar refractivity (Wildman–Crippen MR) is 87.3 cm³/mol. The summed E-state index contributed by atoms with van der Waals surface area (Å²) >= 11 is 0. The van der Waals surface area contributed by atoms with Gasteiger partial charge in [0, 0.05) is 24.0 Å². The van der Waals surface area contributed by atoms with Crippen LogP contribution >= 0.6 is 0 Å². The van der Waals surface area contributed by atoms with E-state index in [4.69, 9.17) is 4.74 Å². The predicted octanol–water partition coefficient (Wildman–Crippen LogP) is 2.91. The molecule has 23 heavy (non-hydrogen) atoms. The number of nitrogens with zero attached hydrogens (tertiary/aromatic N) is 2. The number of ether oxygens (including phenoxy) is 1. The molecule has 0 bridgehead atoms. The molecule has 3 rings (SSSR count). The van der Waals surface area contributed by atoms with Crippen LogP contribution in [0.5, 0.6) is 6.01 Å². The number of nitrogens with one attached hydrogen (secondary N) is 1. The van der Waals surface area contributed by atoms with Crippen molar-refractivity contribution in [1.29, 1.82) is 0 Å². The van der Waals surface area contributed by atoms with E-state index in [1.807, 2.05) is 31.2 Å². The minimum absolute atomic E-state index is 0.00413. The third kappa shape index (κ3) is 4.28. The van der Waals surface area contributed by atoms with Crippen LogP contribution in [0.3, 0.4) is 0 Å². The third-order valence-electron chi connectivity index (χ3n) is 4.10. The van der Waals surface area contributed by atoms with Crippen LogP contribution in [0.1, 0.15) is 41.6 Å². The van der Waals surface area contributed by atoms with Crippen LogP contribution < -0.4 is 10.1 Å². The fourth-order valence-corrected chi connectivity index (χ4v) is 2.88. The lowest BCUT2D eigenvalue weighted by Crippen LogP contribution is -2.39. The van der Waals surface area contributed by atoms with Crippen LogP contribution in [0.4, 0.5) is 0 Å². The molecule has 2 aromatic rings. The molecule has 1 amide bonds. The maximum absolute atomic E-state index is 12.3. The summed E-state index contributed by atoms with van der Waals surface area (Å²) < 4.78 is 5.77. The zero-order chi connectivity index (χ0) is 16.1. The van der Waals surface area contributed by atoms with Crippen molar-refractivity contribution in [3.05, 3.63) is 53.9 Å². The number of carbonyl (C=O) groups is 1. The van der Waals surface area contributed by atoms with Crippen LogP contribution in [-0.2, 0) is 0 Å². The van der Waals surface area contributed by atoms with Crippen molar-refractivity contribution in [2.75, 3.05) is 0 Å². The molecule has 1 fully saturated rings. The van der Waals surface area contributed by atoms with E-state index in [9.17, 15) is 4.79 Å². The second-order valence-electron chi connectivity index (χ2n) is 5.97. The van der Waals surface area contributed by atoms with Gasteiger partial charge >= 0.3 is 6.01 Å². The summed E-state index contributed by atoms with van der Waals surface area (Å²) in [5.41, 5.74) is 1.82. The molecule has 5 heteroatoms. The Hall–Kier alpha value is -2.43. The highest BCUT2D eigenvalue weighted by atomic mass is 16.5. The molecule has 0 unspecified atom stereocenters. The van der Waals surface area contributed by atoms with Gasteiger partial charge in [-0.3, -0.25) is 4.79 Å². The Bertz CT molecular complexity index is 652. The van der Waals surface area contributed by atoms with Crippen LogP contribution in [0.15, 0.2) is 42.7 Å². The summed E-state index contributed by atoms with van der Waals surface area (Å²) in [5, 5.41) is 3.12. The summed E-state index contributed by atoms with van der Waals surface area (Å²) in [5.74, 6) is 0.00413. The zero-order valence-electron chi connectivity index (χ0n) is 13.2. The number of aromatic nitrogens is 2. The number of amides is 1. The van der Waals surface area contributed by atoms with Crippen LogP contribution in [0, 0.1) is 6.92 Å². The molecule has 1 aliphatic carbocycles. The molecule has 0 atom stereocenters. The van der Waals surface area contributed by atoms with Gasteiger partial charge in [0.1, 0.15) is 6.10 Å². The van der Waals surface area contributed by atoms with Gasteiger partial charge in [0.05, 0.1) is 0 Å². The topological polar surface area (TPSA) is 64.1 Å².